The van der Waals surface area contributed by atoms with Crippen molar-refractivity contribution in [2.75, 3.05) is 26.7 Å². The van der Waals surface area contributed by atoms with E-state index in [4.69, 9.17) is 4.84 Å². The molecule has 0 spiro atoms. The van der Waals surface area contributed by atoms with Gasteiger partial charge in [0.15, 0.2) is 0 Å². The molecule has 0 atom stereocenters. The second kappa shape index (κ2) is 2.82. The van der Waals surface area contributed by atoms with Crippen LogP contribution in [0.5, 0.6) is 0 Å². The highest BCUT2D eigenvalue weighted by Gasteiger charge is 2.16. The average molecular weight is 128 g/mol. The van der Waals surface area contributed by atoms with Crippen LogP contribution in [-0.4, -0.2) is 37.4 Å². The topological polar surface area (TPSA) is 24.8 Å². The highest BCUT2D eigenvalue weighted by Crippen LogP contribution is 1.99. The van der Waals surface area contributed by atoms with Crippen LogP contribution in [0.15, 0.2) is 5.16 Å². The summed E-state index contributed by atoms with van der Waals surface area (Å²) in [6, 6.07) is 0. The van der Waals surface area contributed by atoms with Gasteiger partial charge in [-0.1, -0.05) is 5.16 Å². The molecular formula is C6H12N2O. The molecule has 0 aliphatic carbocycles. The second-order valence-corrected chi connectivity index (χ2v) is 2.25. The van der Waals surface area contributed by atoms with Crippen molar-refractivity contribution in [3.8, 4) is 0 Å². The van der Waals surface area contributed by atoms with Crippen molar-refractivity contribution in [2.45, 2.75) is 6.92 Å². The molecular weight excluding hydrogens is 116 g/mol. The molecule has 0 amide bonds. The summed E-state index contributed by atoms with van der Waals surface area (Å²) in [5.74, 6) is 0. The van der Waals surface area contributed by atoms with Crippen LogP contribution in [0.2, 0.25) is 0 Å². The molecule has 1 heterocycles. The van der Waals surface area contributed by atoms with Gasteiger partial charge in [-0.25, -0.2) is 0 Å². The number of hydrogen-bond acceptors (Lipinski definition) is 3. The zero-order valence-corrected chi connectivity index (χ0v) is 5.92. The number of nitrogens with zero attached hydrogens (tertiary/aromatic N) is 2. The molecule has 0 aromatic heterocycles. The van der Waals surface area contributed by atoms with E-state index in [0.29, 0.717) is 6.61 Å². The van der Waals surface area contributed by atoms with Crippen molar-refractivity contribution in [2.24, 2.45) is 5.16 Å². The molecule has 3 nitrogen and oxygen atoms in total. The van der Waals surface area contributed by atoms with Gasteiger partial charge in [-0.2, -0.15) is 0 Å². The minimum Gasteiger partial charge on any atom is -0.396 e. The van der Waals surface area contributed by atoms with E-state index in [9.17, 15) is 0 Å². The molecule has 0 radical (unpaired) electrons. The van der Waals surface area contributed by atoms with Crippen LogP contribution in [0.3, 0.4) is 0 Å². The lowest BCUT2D eigenvalue weighted by atomic mass is 10.2. The number of hydrogen-bond donors (Lipinski definition) is 0. The lowest BCUT2D eigenvalue weighted by molar-refractivity contribution is 0.152. The van der Waals surface area contributed by atoms with E-state index in [0.717, 1.165) is 18.8 Å². The molecule has 3 heteroatoms. The van der Waals surface area contributed by atoms with Crippen LogP contribution >= 0.6 is 0 Å². The number of likely N-dealkylation sites (tertiary alicyclic amines) is 1. The van der Waals surface area contributed by atoms with E-state index < -0.39 is 0 Å². The van der Waals surface area contributed by atoms with Crippen LogP contribution in [0.25, 0.3) is 0 Å². The lowest BCUT2D eigenvalue weighted by Crippen LogP contribution is -2.44. The van der Waals surface area contributed by atoms with E-state index in [-0.39, 0.29) is 0 Å². The van der Waals surface area contributed by atoms with E-state index >= 15 is 0 Å². The number of rotatable bonds is 2. The maximum absolute atomic E-state index is 4.85. The largest absolute Gasteiger partial charge is 0.396 e. The van der Waals surface area contributed by atoms with Crippen LogP contribution in [0.4, 0.5) is 0 Å². The molecule has 52 valence electrons. The third-order valence-electron chi connectivity index (χ3n) is 1.23. The van der Waals surface area contributed by atoms with Crippen molar-refractivity contribution in [3.05, 3.63) is 0 Å². The van der Waals surface area contributed by atoms with Crippen LogP contribution in [-0.2, 0) is 4.84 Å². The molecule has 9 heavy (non-hydrogen) atoms. The van der Waals surface area contributed by atoms with Gasteiger partial charge in [0.05, 0.1) is 5.71 Å². The van der Waals surface area contributed by atoms with Gasteiger partial charge < -0.3 is 4.84 Å². The molecule has 0 bridgehead atoms. The molecule has 0 saturated carbocycles. The zero-order chi connectivity index (χ0) is 6.69. The van der Waals surface area contributed by atoms with Crippen molar-refractivity contribution in [3.63, 3.8) is 0 Å². The lowest BCUT2D eigenvalue weighted by Gasteiger charge is -2.27. The van der Waals surface area contributed by atoms with Gasteiger partial charge in [0.2, 0.25) is 0 Å². The average Bonchev–Trinajstić information content (AvgIpc) is 1.78. The van der Waals surface area contributed by atoms with Gasteiger partial charge >= 0.3 is 0 Å². The fraction of sp³-hybridized carbons (Fsp3) is 0.833. The van der Waals surface area contributed by atoms with Crippen molar-refractivity contribution in [1.82, 2.24) is 4.90 Å². The van der Waals surface area contributed by atoms with E-state index in [1.807, 2.05) is 6.92 Å². The Balaban J connectivity index is 2.14. The monoisotopic (exact) mass is 128 g/mol. The molecule has 0 N–H and O–H groups in total. The Bertz CT molecular complexity index is 114. The van der Waals surface area contributed by atoms with Crippen molar-refractivity contribution < 1.29 is 4.84 Å². The van der Waals surface area contributed by atoms with Gasteiger partial charge in [-0.3, -0.25) is 4.90 Å². The first kappa shape index (κ1) is 6.55. The standard InChI is InChI=1S/C6H12N2O/c1-3-9-7-6-4-8(2)5-6/h3-5H2,1-2H3. The summed E-state index contributed by atoms with van der Waals surface area (Å²) in [5, 5.41) is 3.87. The summed E-state index contributed by atoms with van der Waals surface area (Å²) in [6.07, 6.45) is 0. The SMILES string of the molecule is CCON=C1CN(C)C1. The molecule has 0 aromatic carbocycles. The highest BCUT2D eigenvalue weighted by molar-refractivity contribution is 5.92. The summed E-state index contributed by atoms with van der Waals surface area (Å²) < 4.78 is 0. The first-order valence-corrected chi connectivity index (χ1v) is 3.19. The molecule has 1 aliphatic rings. The Morgan fingerprint density at radius 2 is 2.33 bits per heavy atom. The van der Waals surface area contributed by atoms with Crippen molar-refractivity contribution in [1.29, 1.82) is 0 Å². The Hall–Kier alpha value is -0.570. The van der Waals surface area contributed by atoms with Gasteiger partial charge in [0, 0.05) is 13.1 Å². The van der Waals surface area contributed by atoms with E-state index in [2.05, 4.69) is 17.1 Å². The van der Waals surface area contributed by atoms with E-state index in [1.54, 1.807) is 0 Å². The highest BCUT2D eigenvalue weighted by atomic mass is 16.6. The zero-order valence-electron chi connectivity index (χ0n) is 5.92. The first-order chi connectivity index (χ1) is 4.33. The molecule has 1 aliphatic heterocycles. The van der Waals surface area contributed by atoms with Crippen molar-refractivity contribution >= 4 is 5.71 Å². The predicted molar refractivity (Wildman–Crippen MR) is 36.6 cm³/mol. The van der Waals surface area contributed by atoms with E-state index in [1.165, 1.54) is 0 Å². The third kappa shape index (κ3) is 1.68. The minimum absolute atomic E-state index is 0.674. The Morgan fingerprint density at radius 1 is 1.67 bits per heavy atom. The van der Waals surface area contributed by atoms with Gasteiger partial charge in [-0.05, 0) is 14.0 Å². The quantitative estimate of drug-likeness (QED) is 0.500. The normalized spacial score (nSPS) is 19.1. The summed E-state index contributed by atoms with van der Waals surface area (Å²) in [5.41, 5.74) is 1.15. The van der Waals surface area contributed by atoms with Crippen LogP contribution in [0, 0.1) is 0 Å². The molecule has 0 unspecified atom stereocenters. The van der Waals surface area contributed by atoms with Crippen LogP contribution < -0.4 is 0 Å². The second-order valence-electron chi connectivity index (χ2n) is 2.25. The minimum atomic E-state index is 0.674. The smallest absolute Gasteiger partial charge is 0.114 e. The van der Waals surface area contributed by atoms with Gasteiger partial charge in [0.1, 0.15) is 6.61 Å². The Kier molecular flexibility index (Phi) is 2.05. The molecule has 0 aromatic rings. The van der Waals surface area contributed by atoms with Crippen LogP contribution in [0.1, 0.15) is 6.92 Å². The fourth-order valence-electron chi connectivity index (χ4n) is 0.790. The van der Waals surface area contributed by atoms with Gasteiger partial charge in [-0.15, -0.1) is 0 Å². The summed E-state index contributed by atoms with van der Waals surface area (Å²) >= 11 is 0. The molecule has 1 fully saturated rings. The first-order valence-electron chi connectivity index (χ1n) is 3.19. The predicted octanol–water partition coefficient (Wildman–Crippen LogP) is 0.324. The summed E-state index contributed by atoms with van der Waals surface area (Å²) in [6.45, 7) is 4.56. The third-order valence-corrected chi connectivity index (χ3v) is 1.23. The summed E-state index contributed by atoms with van der Waals surface area (Å²) in [7, 11) is 2.06. The fourth-order valence-corrected chi connectivity index (χ4v) is 0.790. The maximum Gasteiger partial charge on any atom is 0.114 e. The van der Waals surface area contributed by atoms with Gasteiger partial charge in [0.25, 0.3) is 0 Å². The molecule has 1 rings (SSSR count). The maximum atomic E-state index is 4.85. The Morgan fingerprint density at radius 3 is 2.78 bits per heavy atom. The Labute approximate surface area is 55.3 Å². The molecule has 1 saturated heterocycles. The number of oxime groups is 1. The summed E-state index contributed by atoms with van der Waals surface area (Å²) in [4.78, 5) is 7.03.